The third-order valence-corrected chi connectivity index (χ3v) is 5.02. The number of aromatic nitrogens is 1. The van der Waals surface area contributed by atoms with Gasteiger partial charge in [-0.05, 0) is 37.1 Å². The van der Waals surface area contributed by atoms with Gasteiger partial charge in [0.2, 0.25) is 0 Å². The van der Waals surface area contributed by atoms with E-state index in [0.29, 0.717) is 11.3 Å². The highest BCUT2D eigenvalue weighted by molar-refractivity contribution is 6.03. The first-order chi connectivity index (χ1) is 14.3. The molecule has 1 heterocycles. The molecule has 1 aromatic carbocycles. The van der Waals surface area contributed by atoms with Crippen molar-refractivity contribution in [3.05, 3.63) is 53.4 Å². The van der Waals surface area contributed by atoms with Crippen molar-refractivity contribution in [2.75, 3.05) is 21.3 Å². The Morgan fingerprint density at radius 2 is 1.90 bits per heavy atom. The first kappa shape index (κ1) is 21.0. The van der Waals surface area contributed by atoms with E-state index in [9.17, 15) is 19.5 Å². The smallest absolute Gasteiger partial charge is 0.357 e. The van der Waals surface area contributed by atoms with Crippen molar-refractivity contribution in [1.29, 1.82) is 0 Å². The number of carbonyl (C=O) groups excluding carboxylic acids is 2. The summed E-state index contributed by atoms with van der Waals surface area (Å²) in [5.74, 6) is -1.90. The van der Waals surface area contributed by atoms with Crippen LogP contribution in [0.25, 0.3) is 17.2 Å². The van der Waals surface area contributed by atoms with E-state index in [0.717, 1.165) is 12.8 Å². The average molecular weight is 410 g/mol. The molecular formula is C22H22N2O6. The maximum atomic E-state index is 12.7. The second-order valence-corrected chi connectivity index (χ2v) is 6.88. The summed E-state index contributed by atoms with van der Waals surface area (Å²) in [4.78, 5) is 42.8. The number of rotatable bonds is 7. The van der Waals surface area contributed by atoms with Crippen LogP contribution in [-0.2, 0) is 4.74 Å². The number of amides is 1. The number of aromatic carboxylic acids is 1. The summed E-state index contributed by atoms with van der Waals surface area (Å²) in [7, 11) is 4.33. The van der Waals surface area contributed by atoms with Crippen molar-refractivity contribution >= 4 is 23.9 Å². The Morgan fingerprint density at radius 3 is 2.43 bits per heavy atom. The largest absolute Gasteiger partial charge is 0.496 e. The summed E-state index contributed by atoms with van der Waals surface area (Å²) in [6, 6.07) is 6.06. The molecule has 0 aliphatic heterocycles. The topological polar surface area (TPSA) is 106 Å². The molecule has 3 rings (SSSR count). The Labute approximate surface area is 173 Å². The minimum absolute atomic E-state index is 0.0631. The molecule has 0 bridgehead atoms. The van der Waals surface area contributed by atoms with Gasteiger partial charge in [-0.25, -0.2) is 14.6 Å². The highest BCUT2D eigenvalue weighted by Crippen LogP contribution is 2.34. The molecule has 8 nitrogen and oxygen atoms in total. The minimum atomic E-state index is -1.19. The van der Waals surface area contributed by atoms with Crippen LogP contribution in [0.15, 0.2) is 30.8 Å². The first-order valence-corrected chi connectivity index (χ1v) is 9.27. The van der Waals surface area contributed by atoms with Gasteiger partial charge in [-0.1, -0.05) is 12.7 Å². The predicted molar refractivity (Wildman–Crippen MR) is 110 cm³/mol. The van der Waals surface area contributed by atoms with Gasteiger partial charge in [0.05, 0.1) is 19.8 Å². The summed E-state index contributed by atoms with van der Waals surface area (Å²) in [6.45, 7) is 3.67. The van der Waals surface area contributed by atoms with E-state index in [1.807, 2.05) is 0 Å². The monoisotopic (exact) mass is 410 g/mol. The molecule has 2 aromatic rings. The summed E-state index contributed by atoms with van der Waals surface area (Å²) >= 11 is 0. The Hall–Kier alpha value is -3.68. The van der Waals surface area contributed by atoms with Gasteiger partial charge in [0.1, 0.15) is 11.4 Å². The highest BCUT2D eigenvalue weighted by Gasteiger charge is 2.31. The lowest BCUT2D eigenvalue weighted by molar-refractivity contribution is 0.0593. The third-order valence-electron chi connectivity index (χ3n) is 5.02. The van der Waals surface area contributed by atoms with Crippen molar-refractivity contribution in [3.63, 3.8) is 0 Å². The molecule has 156 valence electrons. The number of hydrogen-bond donors (Lipinski definition) is 1. The maximum absolute atomic E-state index is 12.7. The van der Waals surface area contributed by atoms with E-state index in [4.69, 9.17) is 9.47 Å². The number of methoxy groups -OCH3 is 2. The molecule has 0 atom stereocenters. The van der Waals surface area contributed by atoms with E-state index in [1.165, 1.54) is 44.6 Å². The summed E-state index contributed by atoms with van der Waals surface area (Å²) < 4.78 is 10.2. The summed E-state index contributed by atoms with van der Waals surface area (Å²) in [5, 5.41) is 9.71. The Balaban J connectivity index is 2.20. The molecule has 30 heavy (non-hydrogen) atoms. The average Bonchev–Trinajstić information content (AvgIpc) is 3.61. The molecule has 1 amide bonds. The van der Waals surface area contributed by atoms with Crippen LogP contribution in [0.1, 0.15) is 49.7 Å². The van der Waals surface area contributed by atoms with E-state index in [-0.39, 0.29) is 40.0 Å². The molecule has 0 radical (unpaired) electrons. The van der Waals surface area contributed by atoms with Gasteiger partial charge in [0, 0.05) is 29.8 Å². The van der Waals surface area contributed by atoms with Crippen LogP contribution in [0.5, 0.6) is 5.75 Å². The molecule has 8 heteroatoms. The third kappa shape index (κ3) is 3.89. The lowest BCUT2D eigenvalue weighted by atomic mass is 9.95. The Kier molecular flexibility index (Phi) is 5.86. The van der Waals surface area contributed by atoms with Crippen LogP contribution in [-0.4, -0.2) is 60.1 Å². The number of hydrogen-bond acceptors (Lipinski definition) is 6. The Morgan fingerprint density at radius 1 is 1.20 bits per heavy atom. The molecule has 0 spiro atoms. The molecule has 1 aromatic heterocycles. The predicted octanol–water partition coefficient (Wildman–Crippen LogP) is 3.12. The zero-order chi connectivity index (χ0) is 22.0. The van der Waals surface area contributed by atoms with Gasteiger partial charge in [-0.15, -0.1) is 0 Å². The van der Waals surface area contributed by atoms with Crippen molar-refractivity contribution in [1.82, 2.24) is 9.88 Å². The number of carbonyl (C=O) groups is 3. The number of nitrogens with zero attached hydrogens (tertiary/aromatic N) is 2. The van der Waals surface area contributed by atoms with Crippen molar-refractivity contribution in [3.8, 4) is 16.9 Å². The van der Waals surface area contributed by atoms with Crippen LogP contribution in [0.3, 0.4) is 0 Å². The van der Waals surface area contributed by atoms with Crippen molar-refractivity contribution < 1.29 is 29.0 Å². The standard InChI is InChI=1S/C22H22N2O6/c1-5-12-10-16(21(26)27)15(11-18(12)29-3)14-8-9-17(23-19(14)22(28)30-4)20(25)24(2)13-6-7-13/h5,8-11,13H,1,6-7H2,2-4H3,(H,26,27). The number of pyridine rings is 1. The minimum Gasteiger partial charge on any atom is -0.496 e. The van der Waals surface area contributed by atoms with E-state index in [2.05, 4.69) is 11.6 Å². The van der Waals surface area contributed by atoms with Crippen molar-refractivity contribution in [2.45, 2.75) is 18.9 Å². The molecule has 0 saturated heterocycles. The SMILES string of the molecule is C=Cc1cc(C(=O)O)c(-c2ccc(C(=O)N(C)C3CC3)nc2C(=O)OC)cc1OC. The van der Waals surface area contributed by atoms with Crippen LogP contribution in [0.2, 0.25) is 0 Å². The van der Waals surface area contributed by atoms with Gasteiger partial charge in [0.25, 0.3) is 5.91 Å². The van der Waals surface area contributed by atoms with Gasteiger partial charge in [-0.3, -0.25) is 4.79 Å². The lowest BCUT2D eigenvalue weighted by Crippen LogP contribution is -2.30. The zero-order valence-electron chi connectivity index (χ0n) is 17.0. The van der Waals surface area contributed by atoms with E-state index < -0.39 is 11.9 Å². The van der Waals surface area contributed by atoms with Gasteiger partial charge >= 0.3 is 11.9 Å². The summed E-state index contributed by atoms with van der Waals surface area (Å²) in [6.07, 6.45) is 3.34. The second kappa shape index (κ2) is 8.36. The van der Waals surface area contributed by atoms with Crippen molar-refractivity contribution in [2.24, 2.45) is 0 Å². The van der Waals surface area contributed by atoms with E-state index in [1.54, 1.807) is 11.9 Å². The van der Waals surface area contributed by atoms with Crippen LogP contribution < -0.4 is 4.74 Å². The number of benzene rings is 1. The first-order valence-electron chi connectivity index (χ1n) is 9.27. The molecule has 1 N–H and O–H groups in total. The summed E-state index contributed by atoms with van der Waals surface area (Å²) in [5.41, 5.74) is 0.797. The molecule has 1 fully saturated rings. The fraction of sp³-hybridized carbons (Fsp3) is 0.273. The van der Waals surface area contributed by atoms with Gasteiger partial charge in [0.15, 0.2) is 5.69 Å². The molecule has 1 aliphatic rings. The Bertz CT molecular complexity index is 1040. The number of esters is 1. The number of carboxylic acid groups (broad SMARTS) is 1. The maximum Gasteiger partial charge on any atom is 0.357 e. The van der Waals surface area contributed by atoms with E-state index >= 15 is 0 Å². The van der Waals surface area contributed by atoms with Crippen LogP contribution in [0, 0.1) is 0 Å². The second-order valence-electron chi connectivity index (χ2n) is 6.88. The molecule has 1 aliphatic carbocycles. The molecule has 0 unspecified atom stereocenters. The van der Waals surface area contributed by atoms with Crippen LogP contribution >= 0.6 is 0 Å². The zero-order valence-corrected chi connectivity index (χ0v) is 17.0. The van der Waals surface area contributed by atoms with Gasteiger partial charge in [-0.2, -0.15) is 0 Å². The number of ether oxygens (including phenoxy) is 2. The highest BCUT2D eigenvalue weighted by atomic mass is 16.5. The lowest BCUT2D eigenvalue weighted by Gasteiger charge is -2.18. The molecule has 1 saturated carbocycles. The normalized spacial score (nSPS) is 12.8. The number of carboxylic acids is 1. The fourth-order valence-electron chi connectivity index (χ4n) is 3.19. The quantitative estimate of drug-likeness (QED) is 0.699. The van der Waals surface area contributed by atoms with Gasteiger partial charge < -0.3 is 19.5 Å². The molecular weight excluding hydrogens is 388 g/mol. The fourth-order valence-corrected chi connectivity index (χ4v) is 3.19. The van der Waals surface area contributed by atoms with Crippen LogP contribution in [0.4, 0.5) is 0 Å².